The highest BCUT2D eigenvalue weighted by Gasteiger charge is 2.14. The van der Waals surface area contributed by atoms with Gasteiger partial charge in [-0.15, -0.1) is 0 Å². The average Bonchev–Trinajstić information content (AvgIpc) is 2.52. The van der Waals surface area contributed by atoms with E-state index in [-0.39, 0.29) is 12.0 Å². The molecule has 0 saturated heterocycles. The van der Waals surface area contributed by atoms with Gasteiger partial charge in [-0.05, 0) is 63.1 Å². The maximum atomic E-state index is 12.2. The summed E-state index contributed by atoms with van der Waals surface area (Å²) in [7, 11) is 0. The van der Waals surface area contributed by atoms with Crippen molar-refractivity contribution in [3.63, 3.8) is 0 Å². The molecule has 1 amide bonds. The van der Waals surface area contributed by atoms with Crippen LogP contribution in [0.5, 0.6) is 11.5 Å². The Morgan fingerprint density at radius 1 is 1.00 bits per heavy atom. The van der Waals surface area contributed by atoms with Crippen LogP contribution in [0.1, 0.15) is 31.9 Å². The van der Waals surface area contributed by atoms with E-state index in [9.17, 15) is 4.79 Å². The van der Waals surface area contributed by atoms with E-state index < -0.39 is 6.10 Å². The maximum absolute atomic E-state index is 12.2. The predicted molar refractivity (Wildman–Crippen MR) is 95.3 cm³/mol. The molecule has 0 spiro atoms. The van der Waals surface area contributed by atoms with Crippen LogP contribution < -0.4 is 14.8 Å². The minimum absolute atomic E-state index is 0.123. The van der Waals surface area contributed by atoms with Crippen LogP contribution >= 0.6 is 0 Å². The Morgan fingerprint density at radius 2 is 1.67 bits per heavy atom. The molecule has 0 fully saturated rings. The number of carbonyl (C=O) groups excluding carboxylic acids is 1. The Hall–Kier alpha value is -2.49. The molecular formula is C20H25NO3. The van der Waals surface area contributed by atoms with Crippen molar-refractivity contribution in [1.29, 1.82) is 0 Å². The third-order valence-corrected chi connectivity index (χ3v) is 3.41. The summed E-state index contributed by atoms with van der Waals surface area (Å²) in [5.41, 5.74) is 2.09. The van der Waals surface area contributed by atoms with Gasteiger partial charge < -0.3 is 14.8 Å². The third-order valence-electron chi connectivity index (χ3n) is 3.41. The number of hydrogen-bond donors (Lipinski definition) is 1. The molecule has 2 aromatic rings. The minimum atomic E-state index is -0.554. The lowest BCUT2D eigenvalue weighted by Gasteiger charge is -2.15. The number of aryl methyl sites for hydroxylation is 1. The van der Waals surface area contributed by atoms with E-state index in [0.29, 0.717) is 12.3 Å². The van der Waals surface area contributed by atoms with Crippen LogP contribution in [0.4, 0.5) is 0 Å². The molecule has 0 aliphatic rings. The van der Waals surface area contributed by atoms with Gasteiger partial charge >= 0.3 is 0 Å². The van der Waals surface area contributed by atoms with E-state index in [1.54, 1.807) is 6.92 Å². The summed E-state index contributed by atoms with van der Waals surface area (Å²) < 4.78 is 11.3. The fourth-order valence-corrected chi connectivity index (χ4v) is 2.28. The molecule has 2 aromatic carbocycles. The van der Waals surface area contributed by atoms with E-state index in [1.807, 2.05) is 69.3 Å². The maximum Gasteiger partial charge on any atom is 0.261 e. The first-order chi connectivity index (χ1) is 11.4. The van der Waals surface area contributed by atoms with Gasteiger partial charge in [-0.3, -0.25) is 4.79 Å². The third kappa shape index (κ3) is 5.61. The van der Waals surface area contributed by atoms with Gasteiger partial charge in [0.25, 0.3) is 5.91 Å². The summed E-state index contributed by atoms with van der Waals surface area (Å²) in [6, 6.07) is 15.4. The monoisotopic (exact) mass is 327 g/mol. The van der Waals surface area contributed by atoms with Crippen LogP contribution in [0.15, 0.2) is 48.5 Å². The topological polar surface area (TPSA) is 47.6 Å². The summed E-state index contributed by atoms with van der Waals surface area (Å²) in [4.78, 5) is 12.2. The van der Waals surface area contributed by atoms with Gasteiger partial charge in [-0.2, -0.15) is 0 Å². The van der Waals surface area contributed by atoms with E-state index >= 15 is 0 Å². The molecule has 0 heterocycles. The van der Waals surface area contributed by atoms with Gasteiger partial charge in [0.2, 0.25) is 0 Å². The largest absolute Gasteiger partial charge is 0.491 e. The van der Waals surface area contributed by atoms with Gasteiger partial charge in [-0.25, -0.2) is 0 Å². The number of hydrogen-bond acceptors (Lipinski definition) is 3. The van der Waals surface area contributed by atoms with Crippen molar-refractivity contribution >= 4 is 5.91 Å². The molecule has 128 valence electrons. The summed E-state index contributed by atoms with van der Waals surface area (Å²) in [5, 5.41) is 2.89. The molecule has 1 unspecified atom stereocenters. The number of amides is 1. The van der Waals surface area contributed by atoms with E-state index in [0.717, 1.165) is 16.9 Å². The first-order valence-corrected chi connectivity index (χ1v) is 8.20. The Morgan fingerprint density at radius 3 is 2.33 bits per heavy atom. The summed E-state index contributed by atoms with van der Waals surface area (Å²) in [6.07, 6.45) is -0.431. The first-order valence-electron chi connectivity index (χ1n) is 8.20. The van der Waals surface area contributed by atoms with Crippen LogP contribution in [-0.2, 0) is 11.3 Å². The van der Waals surface area contributed by atoms with Crippen molar-refractivity contribution < 1.29 is 14.3 Å². The zero-order valence-electron chi connectivity index (χ0n) is 14.7. The smallest absolute Gasteiger partial charge is 0.261 e. The van der Waals surface area contributed by atoms with Crippen molar-refractivity contribution in [2.24, 2.45) is 0 Å². The molecule has 4 nitrogen and oxygen atoms in total. The number of nitrogens with one attached hydrogen (secondary N) is 1. The van der Waals surface area contributed by atoms with Crippen LogP contribution in [-0.4, -0.2) is 18.1 Å². The number of benzene rings is 2. The second-order valence-electron chi connectivity index (χ2n) is 6.11. The van der Waals surface area contributed by atoms with E-state index in [4.69, 9.17) is 9.47 Å². The molecule has 2 rings (SSSR count). The highest BCUT2D eigenvalue weighted by atomic mass is 16.5. The fraction of sp³-hybridized carbons (Fsp3) is 0.350. The number of rotatable bonds is 7. The zero-order chi connectivity index (χ0) is 17.5. The number of carbonyl (C=O) groups is 1. The van der Waals surface area contributed by atoms with Crippen LogP contribution in [0.25, 0.3) is 0 Å². The van der Waals surface area contributed by atoms with Gasteiger partial charge in [0.05, 0.1) is 6.10 Å². The van der Waals surface area contributed by atoms with Crippen molar-refractivity contribution in [3.05, 3.63) is 59.7 Å². The lowest BCUT2D eigenvalue weighted by molar-refractivity contribution is -0.127. The minimum Gasteiger partial charge on any atom is -0.491 e. The number of ether oxygens (including phenoxy) is 2. The quantitative estimate of drug-likeness (QED) is 0.840. The first kappa shape index (κ1) is 17.9. The van der Waals surface area contributed by atoms with Gasteiger partial charge in [0, 0.05) is 6.54 Å². The predicted octanol–water partition coefficient (Wildman–Crippen LogP) is 3.87. The van der Waals surface area contributed by atoms with Crippen LogP contribution in [0.3, 0.4) is 0 Å². The molecule has 4 heteroatoms. The zero-order valence-corrected chi connectivity index (χ0v) is 14.7. The Bertz CT molecular complexity index is 682. The second-order valence-corrected chi connectivity index (χ2v) is 6.11. The molecule has 0 aliphatic carbocycles. The standard InChI is InChI=1S/C20H25NO3/c1-14(2)23-19-10-6-8-17(12-19)13-21-20(22)16(4)24-18-9-5-7-15(3)11-18/h5-12,14,16H,13H2,1-4H3,(H,21,22). The molecule has 0 saturated carbocycles. The lowest BCUT2D eigenvalue weighted by Crippen LogP contribution is -2.35. The SMILES string of the molecule is Cc1cccc(OC(C)C(=O)NCc2cccc(OC(C)C)c2)c1. The molecule has 0 aromatic heterocycles. The average molecular weight is 327 g/mol. The highest BCUT2D eigenvalue weighted by molar-refractivity contribution is 5.80. The summed E-state index contributed by atoms with van der Waals surface area (Å²) in [5.74, 6) is 1.36. The fourth-order valence-electron chi connectivity index (χ4n) is 2.28. The van der Waals surface area contributed by atoms with E-state index in [1.165, 1.54) is 0 Å². The molecule has 0 aliphatic heterocycles. The molecule has 1 N–H and O–H groups in total. The molecular weight excluding hydrogens is 302 g/mol. The Balaban J connectivity index is 1.88. The van der Waals surface area contributed by atoms with Crippen molar-refractivity contribution in [1.82, 2.24) is 5.32 Å². The molecule has 24 heavy (non-hydrogen) atoms. The van der Waals surface area contributed by atoms with Gasteiger partial charge in [-0.1, -0.05) is 24.3 Å². The van der Waals surface area contributed by atoms with Crippen molar-refractivity contribution in [2.45, 2.75) is 46.4 Å². The summed E-state index contributed by atoms with van der Waals surface area (Å²) in [6.45, 7) is 8.15. The van der Waals surface area contributed by atoms with E-state index in [2.05, 4.69) is 5.32 Å². The van der Waals surface area contributed by atoms with Crippen molar-refractivity contribution in [3.8, 4) is 11.5 Å². The van der Waals surface area contributed by atoms with Crippen molar-refractivity contribution in [2.75, 3.05) is 0 Å². The summed E-state index contributed by atoms with van der Waals surface area (Å²) >= 11 is 0. The lowest BCUT2D eigenvalue weighted by atomic mass is 10.2. The molecule has 0 bridgehead atoms. The van der Waals surface area contributed by atoms with Crippen LogP contribution in [0.2, 0.25) is 0 Å². The van der Waals surface area contributed by atoms with Gasteiger partial charge in [0.1, 0.15) is 11.5 Å². The Labute approximate surface area is 143 Å². The highest BCUT2D eigenvalue weighted by Crippen LogP contribution is 2.16. The van der Waals surface area contributed by atoms with Crippen LogP contribution in [0, 0.1) is 6.92 Å². The van der Waals surface area contributed by atoms with Gasteiger partial charge in [0.15, 0.2) is 6.10 Å². The molecule has 1 atom stereocenters. The molecule has 0 radical (unpaired) electrons. The normalized spacial score (nSPS) is 11.9. The second kappa shape index (κ2) is 8.39. The Kier molecular flexibility index (Phi) is 6.24.